The van der Waals surface area contributed by atoms with Crippen LogP contribution in [0.3, 0.4) is 0 Å². The van der Waals surface area contributed by atoms with E-state index in [1.807, 2.05) is 55.4 Å². The number of nitrogens with one attached hydrogen (secondary N) is 3. The van der Waals surface area contributed by atoms with Gasteiger partial charge in [0.1, 0.15) is 12.1 Å². The molecule has 1 unspecified atom stereocenters. The fourth-order valence-electron chi connectivity index (χ4n) is 5.69. The van der Waals surface area contributed by atoms with Gasteiger partial charge in [-0.2, -0.15) is 0 Å². The van der Waals surface area contributed by atoms with E-state index in [1.54, 1.807) is 0 Å². The molecule has 0 bridgehead atoms. The Hall–Kier alpha value is -2.65. The molecule has 0 spiro atoms. The molecular weight excluding hydrogens is 474 g/mol. The molecule has 3 fully saturated rings. The highest BCUT2D eigenvalue weighted by molar-refractivity contribution is 6.37. The maximum Gasteiger partial charge on any atom is 0.315 e. The van der Waals surface area contributed by atoms with E-state index in [-0.39, 0.29) is 29.6 Å². The molecule has 37 heavy (non-hydrogen) atoms. The van der Waals surface area contributed by atoms with Gasteiger partial charge in [0.25, 0.3) is 5.91 Å². The van der Waals surface area contributed by atoms with Crippen molar-refractivity contribution in [2.24, 2.45) is 34.3 Å². The topological polar surface area (TPSA) is 151 Å². The fraction of sp³-hybridized carbons (Fsp3) is 0.815. The van der Waals surface area contributed by atoms with E-state index >= 15 is 0 Å². The monoisotopic (exact) mass is 520 g/mol. The van der Waals surface area contributed by atoms with Gasteiger partial charge in [0.2, 0.25) is 17.6 Å². The number of rotatable bonds is 8. The molecule has 0 aromatic heterocycles. The number of nitrogens with zero attached hydrogens (tertiary/aromatic N) is 1. The molecule has 3 aliphatic rings. The Balaban J connectivity index is 1.88. The van der Waals surface area contributed by atoms with Crippen LogP contribution in [-0.4, -0.2) is 64.6 Å². The predicted molar refractivity (Wildman–Crippen MR) is 139 cm³/mol. The minimum atomic E-state index is -2.19. The van der Waals surface area contributed by atoms with Gasteiger partial charge in [-0.25, -0.2) is 4.79 Å². The van der Waals surface area contributed by atoms with Crippen molar-refractivity contribution < 1.29 is 25.3 Å². The summed E-state index contributed by atoms with van der Waals surface area (Å²) in [6, 6.07) is -4.54. The third-order valence-corrected chi connectivity index (χ3v) is 8.13. The second-order valence-corrected chi connectivity index (χ2v) is 13.7. The Morgan fingerprint density at radius 2 is 1.65 bits per heavy atom. The summed E-state index contributed by atoms with van der Waals surface area (Å²) in [5, 5.41) is 8.13. The van der Waals surface area contributed by atoms with Crippen LogP contribution in [0.1, 0.15) is 82.4 Å². The molecule has 5 atom stereocenters. The van der Waals surface area contributed by atoms with Crippen LogP contribution >= 0.6 is 0 Å². The molecule has 1 aliphatic heterocycles. The SMILES string of the molecule is [2H][C@@](CC1CCC1)(NC(=O)C1[C@@H]2[C@H](CN1C(=O)[C@@H](NC(=O)NC(C)(C)C)C(C)(C)C)C2(C)C)C(=O)C(N)=O. The first-order valence-electron chi connectivity index (χ1n) is 13.7. The number of urea groups is 1. The molecule has 3 rings (SSSR count). The second-order valence-electron chi connectivity index (χ2n) is 13.7. The highest BCUT2D eigenvalue weighted by Gasteiger charge is 2.70. The largest absolute Gasteiger partial charge is 0.363 e. The van der Waals surface area contributed by atoms with E-state index in [2.05, 4.69) is 16.0 Å². The van der Waals surface area contributed by atoms with Crippen molar-refractivity contribution in [1.82, 2.24) is 20.9 Å². The van der Waals surface area contributed by atoms with Crippen molar-refractivity contribution in [1.29, 1.82) is 0 Å². The van der Waals surface area contributed by atoms with Gasteiger partial charge in [0.05, 0.1) is 7.39 Å². The van der Waals surface area contributed by atoms with E-state index in [4.69, 9.17) is 7.10 Å². The highest BCUT2D eigenvalue weighted by atomic mass is 16.2. The number of ketones is 1. The lowest BCUT2D eigenvalue weighted by molar-refractivity contribution is -0.145. The number of nitrogens with two attached hydrogens (primary N) is 1. The molecule has 10 nitrogen and oxygen atoms in total. The number of likely N-dealkylation sites (tertiary alicyclic amines) is 1. The number of hydrogen-bond donors (Lipinski definition) is 4. The van der Waals surface area contributed by atoms with Crippen LogP contribution in [0.15, 0.2) is 0 Å². The lowest BCUT2D eigenvalue weighted by atomic mass is 9.80. The van der Waals surface area contributed by atoms with Gasteiger partial charge in [-0.15, -0.1) is 0 Å². The Labute approximate surface area is 221 Å². The summed E-state index contributed by atoms with van der Waals surface area (Å²) in [7, 11) is 0. The van der Waals surface area contributed by atoms with Crippen LogP contribution in [0, 0.1) is 28.6 Å². The molecule has 5 N–H and O–H groups in total. The van der Waals surface area contributed by atoms with E-state index < -0.39 is 58.6 Å². The molecule has 0 radical (unpaired) electrons. The number of Topliss-reactive ketones (excluding diaryl/α,β-unsaturated/α-hetero) is 1. The first-order valence-corrected chi connectivity index (χ1v) is 13.2. The standard InChI is InChI=1S/C27H45N5O5/c1-25(2,3)20(30-24(37)31-26(4,5)6)23(36)32-13-15-17(27(15,7)8)18(32)22(35)29-16(19(33)21(28)34)12-14-10-9-11-14/h14-18,20H,9-13H2,1-8H3,(H2,28,34)(H,29,35)(H2,30,31,37)/t15-,16-,17-,18?,20+/m0/s1/i16D. The van der Waals surface area contributed by atoms with E-state index in [0.29, 0.717) is 6.54 Å². The number of carbonyl (C=O) groups is 5. The molecule has 2 aliphatic carbocycles. The van der Waals surface area contributed by atoms with Crippen molar-refractivity contribution in [3.8, 4) is 0 Å². The summed E-state index contributed by atoms with van der Waals surface area (Å²) in [6.07, 6.45) is 2.58. The van der Waals surface area contributed by atoms with Crippen LogP contribution in [0.2, 0.25) is 0 Å². The molecule has 2 saturated carbocycles. The van der Waals surface area contributed by atoms with E-state index in [1.165, 1.54) is 4.90 Å². The number of carbonyl (C=O) groups excluding carboxylic acids is 5. The third-order valence-electron chi connectivity index (χ3n) is 8.13. The van der Waals surface area contributed by atoms with Gasteiger partial charge in [-0.1, -0.05) is 53.9 Å². The average molecular weight is 521 g/mol. The number of piperidine rings is 1. The van der Waals surface area contributed by atoms with Crippen molar-refractivity contribution in [3.63, 3.8) is 0 Å². The lowest BCUT2D eigenvalue weighted by Crippen LogP contribution is -2.62. The van der Waals surface area contributed by atoms with Gasteiger partial charge in [-0.05, 0) is 55.8 Å². The van der Waals surface area contributed by atoms with Crippen molar-refractivity contribution in [3.05, 3.63) is 0 Å². The quantitative estimate of drug-likeness (QED) is 0.359. The van der Waals surface area contributed by atoms with E-state index in [9.17, 15) is 24.0 Å². The molecule has 10 heteroatoms. The summed E-state index contributed by atoms with van der Waals surface area (Å²) in [5.74, 6) is -3.55. The maximum atomic E-state index is 13.9. The maximum absolute atomic E-state index is 13.9. The molecular formula is C27H45N5O5. The zero-order valence-corrected chi connectivity index (χ0v) is 23.5. The molecule has 5 amide bonds. The average Bonchev–Trinajstić information content (AvgIpc) is 3.06. The molecule has 0 aromatic carbocycles. The van der Waals surface area contributed by atoms with Gasteiger partial charge >= 0.3 is 6.03 Å². The van der Waals surface area contributed by atoms with Crippen molar-refractivity contribution >= 4 is 29.5 Å². The van der Waals surface area contributed by atoms with Gasteiger partial charge in [0.15, 0.2) is 0 Å². The van der Waals surface area contributed by atoms with Gasteiger partial charge in [-0.3, -0.25) is 19.2 Å². The fourth-order valence-corrected chi connectivity index (χ4v) is 5.69. The first kappa shape index (κ1) is 27.4. The summed E-state index contributed by atoms with van der Waals surface area (Å²) < 4.78 is 8.78. The molecule has 1 saturated heterocycles. The zero-order valence-electron chi connectivity index (χ0n) is 24.5. The molecule has 208 valence electrons. The second kappa shape index (κ2) is 9.91. The van der Waals surface area contributed by atoms with E-state index in [0.717, 1.165) is 19.3 Å². The number of fused-ring (bicyclic) bond motifs is 1. The minimum Gasteiger partial charge on any atom is -0.363 e. The summed E-state index contributed by atoms with van der Waals surface area (Å²) in [5.41, 5.74) is 3.86. The predicted octanol–water partition coefficient (Wildman–Crippen LogP) is 1.71. The Morgan fingerprint density at radius 1 is 1.05 bits per heavy atom. The Morgan fingerprint density at radius 3 is 2.11 bits per heavy atom. The summed E-state index contributed by atoms with van der Waals surface area (Å²) >= 11 is 0. The van der Waals surface area contributed by atoms with Gasteiger partial charge in [0, 0.05) is 12.1 Å². The van der Waals surface area contributed by atoms with Crippen LogP contribution in [0.4, 0.5) is 4.79 Å². The van der Waals surface area contributed by atoms with Crippen LogP contribution < -0.4 is 21.7 Å². The smallest absolute Gasteiger partial charge is 0.315 e. The number of primary amides is 1. The van der Waals surface area contributed by atoms with Crippen LogP contribution in [-0.2, 0) is 19.2 Å². The third kappa shape index (κ3) is 6.26. The zero-order chi connectivity index (χ0) is 29.0. The first-order chi connectivity index (χ1) is 17.2. The highest BCUT2D eigenvalue weighted by Crippen LogP contribution is 2.65. The number of hydrogen-bond acceptors (Lipinski definition) is 5. The number of amides is 5. The Bertz CT molecular complexity index is 1010. The van der Waals surface area contributed by atoms with Crippen LogP contribution in [0.25, 0.3) is 0 Å². The summed E-state index contributed by atoms with van der Waals surface area (Å²) in [6.45, 7) is 15.4. The molecule has 1 heterocycles. The molecule has 0 aromatic rings. The normalized spacial score (nSPS) is 27.5. The summed E-state index contributed by atoms with van der Waals surface area (Å²) in [4.78, 5) is 66.4. The van der Waals surface area contributed by atoms with Crippen molar-refractivity contribution in [2.45, 2.75) is 105 Å². The Kier molecular flexibility index (Phi) is 7.33. The minimum absolute atomic E-state index is 0.00217. The van der Waals surface area contributed by atoms with Crippen LogP contribution in [0.5, 0.6) is 0 Å². The van der Waals surface area contributed by atoms with Crippen molar-refractivity contribution in [2.75, 3.05) is 6.54 Å². The van der Waals surface area contributed by atoms with Gasteiger partial charge < -0.3 is 26.6 Å². The lowest BCUT2D eigenvalue weighted by Gasteiger charge is -2.38.